The van der Waals surface area contributed by atoms with Crippen LogP contribution in [-0.4, -0.2) is 48.4 Å². The van der Waals surface area contributed by atoms with Gasteiger partial charge in [-0.2, -0.15) is 11.8 Å². The maximum atomic E-state index is 13.3. The van der Waals surface area contributed by atoms with E-state index >= 15 is 0 Å². The predicted octanol–water partition coefficient (Wildman–Crippen LogP) is 2.31. The van der Waals surface area contributed by atoms with Gasteiger partial charge in [0.2, 0.25) is 0 Å². The van der Waals surface area contributed by atoms with Gasteiger partial charge in [-0.05, 0) is 91.0 Å². The van der Waals surface area contributed by atoms with E-state index in [-0.39, 0.29) is 30.2 Å². The fraction of sp³-hybridized carbons (Fsp3) is 0.548. The minimum atomic E-state index is -1.25. The van der Waals surface area contributed by atoms with Crippen LogP contribution in [0.4, 0.5) is 0 Å². The number of aliphatic carboxylic acids is 1. The third-order valence-corrected chi connectivity index (χ3v) is 8.45. The standard InChI is InChI=1S/C31H44N2O3S.Li/c1-22-11-9-10-14-25(22)27-19-23(20-33(4)21-31(2,3)24-12-7-6-8-13-24)15-16-26(27)29(34)32-28(30(35)36)17-18-37-5;/h9-11,14-16,19,24,28H,6-8,12-13,17-18,20-21H2,1-5H3,(H,32,34)(H,35,36);/q;+1/p-1. The van der Waals surface area contributed by atoms with Crippen molar-refractivity contribution in [3.63, 3.8) is 0 Å². The van der Waals surface area contributed by atoms with Crippen molar-refractivity contribution in [1.29, 1.82) is 0 Å². The van der Waals surface area contributed by atoms with Gasteiger partial charge in [0.05, 0.1) is 12.0 Å². The van der Waals surface area contributed by atoms with Crippen LogP contribution in [0.25, 0.3) is 11.1 Å². The number of hydrogen-bond donors (Lipinski definition) is 1. The fourth-order valence-electron chi connectivity index (χ4n) is 5.78. The average molecular weight is 531 g/mol. The zero-order valence-corrected chi connectivity index (χ0v) is 25.0. The normalized spacial score (nSPS) is 15.1. The molecule has 1 unspecified atom stereocenters. The number of hydrogen-bond acceptors (Lipinski definition) is 5. The largest absolute Gasteiger partial charge is 1.00 e. The van der Waals surface area contributed by atoms with Crippen LogP contribution in [0.15, 0.2) is 42.5 Å². The Morgan fingerprint density at radius 2 is 1.79 bits per heavy atom. The quantitative estimate of drug-likeness (QED) is 0.427. The van der Waals surface area contributed by atoms with Crippen molar-refractivity contribution in [2.45, 2.75) is 71.9 Å². The number of thioether (sulfide) groups is 1. The van der Waals surface area contributed by atoms with Crippen LogP contribution in [0, 0.1) is 18.3 Å². The second-order valence-corrected chi connectivity index (χ2v) is 12.3. The van der Waals surface area contributed by atoms with E-state index in [4.69, 9.17) is 0 Å². The number of carbonyl (C=O) groups is 2. The molecule has 202 valence electrons. The van der Waals surface area contributed by atoms with Gasteiger partial charge < -0.3 is 20.1 Å². The van der Waals surface area contributed by atoms with Gasteiger partial charge in [-0.1, -0.05) is 63.4 Å². The number of nitrogens with one attached hydrogen (secondary N) is 1. The summed E-state index contributed by atoms with van der Waals surface area (Å²) in [6, 6.07) is 12.9. The number of aryl methyl sites for hydroxylation is 1. The number of benzene rings is 2. The molecule has 1 amide bonds. The predicted molar refractivity (Wildman–Crippen MR) is 153 cm³/mol. The Morgan fingerprint density at radius 1 is 1.11 bits per heavy atom. The molecule has 0 bridgehead atoms. The van der Waals surface area contributed by atoms with Gasteiger partial charge in [0, 0.05) is 18.7 Å². The number of carboxylic acid groups (broad SMARTS) is 1. The molecule has 1 saturated carbocycles. The molecule has 0 aromatic heterocycles. The second kappa shape index (κ2) is 15.2. The van der Waals surface area contributed by atoms with E-state index in [1.165, 1.54) is 32.1 Å². The van der Waals surface area contributed by atoms with E-state index in [0.29, 0.717) is 17.7 Å². The van der Waals surface area contributed by atoms with E-state index in [1.807, 2.05) is 49.6 Å². The van der Waals surface area contributed by atoms with E-state index in [1.54, 1.807) is 11.8 Å². The third kappa shape index (κ3) is 8.91. The Morgan fingerprint density at radius 3 is 2.42 bits per heavy atom. The monoisotopic (exact) mass is 530 g/mol. The van der Waals surface area contributed by atoms with E-state index in [2.05, 4.69) is 37.2 Å². The smallest absolute Gasteiger partial charge is 0.548 e. The van der Waals surface area contributed by atoms with E-state index in [0.717, 1.165) is 41.3 Å². The molecule has 5 nitrogen and oxygen atoms in total. The maximum Gasteiger partial charge on any atom is 1.00 e. The Balaban J connectivity index is 0.00000507. The minimum absolute atomic E-state index is 0. The maximum absolute atomic E-state index is 13.3. The average Bonchev–Trinajstić information content (AvgIpc) is 2.86. The molecule has 1 N–H and O–H groups in total. The van der Waals surface area contributed by atoms with Crippen LogP contribution >= 0.6 is 11.8 Å². The summed E-state index contributed by atoms with van der Waals surface area (Å²) in [5.74, 6) is -0.239. The Bertz CT molecular complexity index is 1070. The van der Waals surface area contributed by atoms with Gasteiger partial charge in [0.1, 0.15) is 0 Å². The second-order valence-electron chi connectivity index (χ2n) is 11.3. The number of carboxylic acids is 1. The third-order valence-electron chi connectivity index (χ3n) is 7.80. The Kier molecular flexibility index (Phi) is 13.0. The number of nitrogens with zero attached hydrogens (tertiary/aromatic N) is 1. The SMILES string of the molecule is CSCCC(NC(=O)c1ccc(CN(C)CC(C)(C)C2CCCCC2)cc1-c1ccccc1C)C(=O)[O-].[Li+]. The van der Waals surface area contributed by atoms with Crippen LogP contribution in [0.1, 0.15) is 73.9 Å². The van der Waals surface area contributed by atoms with Crippen molar-refractivity contribution in [3.8, 4) is 11.1 Å². The van der Waals surface area contributed by atoms with Crippen molar-refractivity contribution in [2.24, 2.45) is 11.3 Å². The number of carbonyl (C=O) groups excluding carboxylic acids is 2. The minimum Gasteiger partial charge on any atom is -0.548 e. The topological polar surface area (TPSA) is 72.5 Å². The fourth-order valence-corrected chi connectivity index (χ4v) is 6.25. The number of rotatable bonds is 12. The molecule has 38 heavy (non-hydrogen) atoms. The van der Waals surface area contributed by atoms with Crippen LogP contribution in [-0.2, 0) is 11.3 Å². The summed E-state index contributed by atoms with van der Waals surface area (Å²) < 4.78 is 0. The van der Waals surface area contributed by atoms with Crippen LogP contribution in [0.3, 0.4) is 0 Å². The van der Waals surface area contributed by atoms with Gasteiger partial charge in [-0.25, -0.2) is 0 Å². The molecule has 7 heteroatoms. The summed E-state index contributed by atoms with van der Waals surface area (Å²) in [5, 5.41) is 14.3. The molecule has 2 aromatic rings. The van der Waals surface area contributed by atoms with Gasteiger partial charge in [-0.15, -0.1) is 0 Å². The molecular weight excluding hydrogens is 487 g/mol. The van der Waals surface area contributed by atoms with Crippen molar-refractivity contribution in [3.05, 3.63) is 59.2 Å². The molecule has 1 atom stereocenters. The van der Waals surface area contributed by atoms with E-state index < -0.39 is 12.0 Å². The van der Waals surface area contributed by atoms with Crippen molar-refractivity contribution < 1.29 is 33.6 Å². The van der Waals surface area contributed by atoms with Crippen LogP contribution < -0.4 is 29.3 Å². The molecule has 0 aliphatic heterocycles. The Labute approximate surface area is 245 Å². The first kappa shape index (κ1) is 32.5. The molecule has 0 radical (unpaired) electrons. The molecule has 3 rings (SSSR count). The van der Waals surface area contributed by atoms with Crippen molar-refractivity contribution in [2.75, 3.05) is 25.6 Å². The Hall–Kier alpha value is -1.71. The van der Waals surface area contributed by atoms with Crippen LogP contribution in [0.5, 0.6) is 0 Å². The van der Waals surface area contributed by atoms with Gasteiger partial charge in [-0.3, -0.25) is 4.79 Å². The molecule has 1 aliphatic rings. The first-order chi connectivity index (χ1) is 17.6. The summed E-state index contributed by atoms with van der Waals surface area (Å²) in [6.45, 7) is 8.63. The van der Waals surface area contributed by atoms with Gasteiger partial charge in [0.15, 0.2) is 0 Å². The number of amides is 1. The molecule has 2 aromatic carbocycles. The first-order valence-corrected chi connectivity index (χ1v) is 14.9. The summed E-state index contributed by atoms with van der Waals surface area (Å²) in [5.41, 5.74) is 4.75. The van der Waals surface area contributed by atoms with Crippen LogP contribution in [0.2, 0.25) is 0 Å². The summed E-state index contributed by atoms with van der Waals surface area (Å²) in [4.78, 5) is 27.3. The van der Waals surface area contributed by atoms with Crippen molar-refractivity contribution in [1.82, 2.24) is 10.2 Å². The first-order valence-electron chi connectivity index (χ1n) is 13.5. The van der Waals surface area contributed by atoms with E-state index in [9.17, 15) is 14.7 Å². The van der Waals surface area contributed by atoms with Gasteiger partial charge in [0.25, 0.3) is 5.91 Å². The molecule has 1 aliphatic carbocycles. The zero-order valence-electron chi connectivity index (χ0n) is 24.1. The molecule has 0 saturated heterocycles. The summed E-state index contributed by atoms with van der Waals surface area (Å²) >= 11 is 1.55. The molecule has 0 spiro atoms. The summed E-state index contributed by atoms with van der Waals surface area (Å²) in [6.07, 6.45) is 8.95. The van der Waals surface area contributed by atoms with Crippen molar-refractivity contribution >= 4 is 23.6 Å². The molecule has 1 fully saturated rings. The molecule has 0 heterocycles. The zero-order chi connectivity index (χ0) is 27.0. The summed E-state index contributed by atoms with van der Waals surface area (Å²) in [7, 11) is 2.18. The molecular formula is C31H43LiN2O3S. The van der Waals surface area contributed by atoms with Gasteiger partial charge >= 0.3 is 18.9 Å².